The molecule has 0 unspecified atom stereocenters. The van der Waals surface area contributed by atoms with Gasteiger partial charge in [0.2, 0.25) is 9.05 Å². The van der Waals surface area contributed by atoms with Crippen LogP contribution in [0.1, 0.15) is 5.69 Å². The average Bonchev–Trinajstić information content (AvgIpc) is 2.28. The molecule has 0 bridgehead atoms. The zero-order chi connectivity index (χ0) is 11.7. The number of hydrogen-bond donors (Lipinski definition) is 0. The Kier molecular flexibility index (Phi) is 3.29. The highest BCUT2D eigenvalue weighted by Gasteiger charge is 2.28. The molecule has 1 aromatic rings. The second kappa shape index (κ2) is 4.01. The standard InChI is InChI=1S/C6H6ClF3N2O2S/c7-15(13,14)3-5-1-2-12(11-5)4-6(8,9)10/h1-2H,3-4H2. The number of hydrogen-bond acceptors (Lipinski definition) is 3. The summed E-state index contributed by atoms with van der Waals surface area (Å²) in [5.41, 5.74) is -0.0192. The van der Waals surface area contributed by atoms with Crippen molar-refractivity contribution < 1.29 is 21.6 Å². The van der Waals surface area contributed by atoms with Crippen LogP contribution in [-0.4, -0.2) is 24.4 Å². The summed E-state index contributed by atoms with van der Waals surface area (Å²) in [6, 6.07) is 1.17. The van der Waals surface area contributed by atoms with Crippen LogP contribution in [0.25, 0.3) is 0 Å². The van der Waals surface area contributed by atoms with Crippen LogP contribution in [0.3, 0.4) is 0 Å². The van der Waals surface area contributed by atoms with Gasteiger partial charge in [-0.3, -0.25) is 4.68 Å². The Morgan fingerprint density at radius 2 is 2.07 bits per heavy atom. The minimum atomic E-state index is -4.39. The highest BCUT2D eigenvalue weighted by atomic mass is 35.7. The molecule has 1 rings (SSSR count). The summed E-state index contributed by atoms with van der Waals surface area (Å²) in [5, 5.41) is 3.41. The van der Waals surface area contributed by atoms with Gasteiger partial charge >= 0.3 is 6.18 Å². The fourth-order valence-corrected chi connectivity index (χ4v) is 1.77. The van der Waals surface area contributed by atoms with E-state index in [1.54, 1.807) is 0 Å². The molecule has 0 aromatic carbocycles. The molecule has 0 aliphatic heterocycles. The first kappa shape index (κ1) is 12.3. The smallest absolute Gasteiger partial charge is 0.263 e. The number of halogens is 4. The minimum Gasteiger partial charge on any atom is -0.263 e. The van der Waals surface area contributed by atoms with E-state index in [9.17, 15) is 21.6 Å². The van der Waals surface area contributed by atoms with Crippen molar-refractivity contribution in [1.29, 1.82) is 0 Å². The second-order valence-corrected chi connectivity index (χ2v) is 5.58. The molecule has 0 atom stereocenters. The third-order valence-electron chi connectivity index (χ3n) is 1.36. The number of nitrogens with zero attached hydrogens (tertiary/aromatic N) is 2. The molecule has 0 aliphatic rings. The third kappa shape index (κ3) is 5.03. The molecule has 9 heteroatoms. The van der Waals surface area contributed by atoms with Gasteiger partial charge in [-0.05, 0) is 6.07 Å². The number of aromatic nitrogens is 2. The maximum absolute atomic E-state index is 11.9. The molecule has 0 saturated carbocycles. The third-order valence-corrected chi connectivity index (χ3v) is 2.33. The fourth-order valence-electron chi connectivity index (χ4n) is 0.929. The Morgan fingerprint density at radius 3 is 2.53 bits per heavy atom. The van der Waals surface area contributed by atoms with Crippen LogP contribution in [0.15, 0.2) is 12.3 Å². The van der Waals surface area contributed by atoms with E-state index in [0.29, 0.717) is 4.68 Å². The van der Waals surface area contributed by atoms with Crippen molar-refractivity contribution in [2.75, 3.05) is 0 Å². The van der Waals surface area contributed by atoms with Crippen molar-refractivity contribution in [2.24, 2.45) is 0 Å². The van der Waals surface area contributed by atoms with Crippen LogP contribution in [0.5, 0.6) is 0 Å². The van der Waals surface area contributed by atoms with Gasteiger partial charge < -0.3 is 0 Å². The van der Waals surface area contributed by atoms with E-state index in [2.05, 4.69) is 5.10 Å². The molecule has 0 aliphatic carbocycles. The molecule has 86 valence electrons. The SMILES string of the molecule is O=S(=O)(Cl)Cc1ccn(CC(F)(F)F)n1. The maximum Gasteiger partial charge on any atom is 0.408 e. The van der Waals surface area contributed by atoms with E-state index in [0.717, 1.165) is 6.20 Å². The van der Waals surface area contributed by atoms with Gasteiger partial charge in [-0.25, -0.2) is 8.42 Å². The second-order valence-electron chi connectivity index (χ2n) is 2.80. The van der Waals surface area contributed by atoms with Crippen molar-refractivity contribution in [2.45, 2.75) is 18.5 Å². The molecular weight excluding hydrogens is 257 g/mol. The van der Waals surface area contributed by atoms with Gasteiger partial charge in [-0.1, -0.05) is 0 Å². The summed E-state index contributed by atoms with van der Waals surface area (Å²) in [6.45, 7) is -1.25. The van der Waals surface area contributed by atoms with E-state index in [-0.39, 0.29) is 5.69 Å². The zero-order valence-corrected chi connectivity index (χ0v) is 8.77. The topological polar surface area (TPSA) is 52.0 Å². The van der Waals surface area contributed by atoms with Gasteiger partial charge in [0.15, 0.2) is 0 Å². The van der Waals surface area contributed by atoms with Gasteiger partial charge in [0.1, 0.15) is 12.3 Å². The highest BCUT2D eigenvalue weighted by Crippen LogP contribution is 2.17. The Hall–Kier alpha value is -0.760. The van der Waals surface area contributed by atoms with Crippen LogP contribution >= 0.6 is 10.7 Å². The predicted octanol–water partition coefficient (Wildman–Crippen LogP) is 1.51. The lowest BCUT2D eigenvalue weighted by molar-refractivity contribution is -0.142. The van der Waals surface area contributed by atoms with E-state index < -0.39 is 27.5 Å². The highest BCUT2D eigenvalue weighted by molar-refractivity contribution is 8.13. The lowest BCUT2D eigenvalue weighted by Gasteiger charge is -2.05. The maximum atomic E-state index is 11.9. The molecular formula is C6H6ClF3N2O2S. The fraction of sp³-hybridized carbons (Fsp3) is 0.500. The Labute approximate surface area is 88.1 Å². The molecule has 4 nitrogen and oxygen atoms in total. The van der Waals surface area contributed by atoms with Crippen molar-refractivity contribution in [3.8, 4) is 0 Å². The Morgan fingerprint density at radius 1 is 1.47 bits per heavy atom. The first-order chi connectivity index (χ1) is 6.66. The van der Waals surface area contributed by atoms with Crippen molar-refractivity contribution in [3.63, 3.8) is 0 Å². The van der Waals surface area contributed by atoms with E-state index in [1.807, 2.05) is 0 Å². The molecule has 0 radical (unpaired) electrons. The predicted molar refractivity (Wildman–Crippen MR) is 46.8 cm³/mol. The summed E-state index contributed by atoms with van der Waals surface area (Å²) in [5.74, 6) is -0.584. The molecule has 1 aromatic heterocycles. The normalized spacial score (nSPS) is 13.1. The molecule has 0 amide bonds. The molecule has 0 spiro atoms. The van der Waals surface area contributed by atoms with Crippen molar-refractivity contribution in [1.82, 2.24) is 9.78 Å². The molecule has 0 fully saturated rings. The quantitative estimate of drug-likeness (QED) is 0.776. The number of alkyl halides is 3. The monoisotopic (exact) mass is 262 g/mol. The van der Waals surface area contributed by atoms with E-state index in [1.165, 1.54) is 6.07 Å². The summed E-state index contributed by atoms with van der Waals surface area (Å²) in [4.78, 5) is 0. The van der Waals surface area contributed by atoms with Gasteiger partial charge in [-0.2, -0.15) is 18.3 Å². The summed E-state index contributed by atoms with van der Waals surface area (Å²) < 4.78 is 57.4. The van der Waals surface area contributed by atoms with Crippen LogP contribution in [0.4, 0.5) is 13.2 Å². The van der Waals surface area contributed by atoms with Gasteiger partial charge in [-0.15, -0.1) is 0 Å². The van der Waals surface area contributed by atoms with Crippen molar-refractivity contribution in [3.05, 3.63) is 18.0 Å². The summed E-state index contributed by atoms with van der Waals surface area (Å²) in [7, 11) is 1.12. The van der Waals surface area contributed by atoms with Crippen LogP contribution in [0.2, 0.25) is 0 Å². The van der Waals surface area contributed by atoms with Gasteiger partial charge in [0, 0.05) is 16.9 Å². The van der Waals surface area contributed by atoms with Gasteiger partial charge in [0.25, 0.3) is 0 Å². The Balaban J connectivity index is 2.73. The lowest BCUT2D eigenvalue weighted by Crippen LogP contribution is -2.18. The van der Waals surface area contributed by atoms with E-state index >= 15 is 0 Å². The summed E-state index contributed by atoms with van der Waals surface area (Å²) in [6.07, 6.45) is -3.34. The molecule has 1 heterocycles. The van der Waals surface area contributed by atoms with Crippen LogP contribution in [0, 0.1) is 0 Å². The van der Waals surface area contributed by atoms with Crippen LogP contribution in [-0.2, 0) is 21.3 Å². The first-order valence-electron chi connectivity index (χ1n) is 3.67. The zero-order valence-electron chi connectivity index (χ0n) is 7.20. The van der Waals surface area contributed by atoms with Gasteiger partial charge in [0.05, 0.1) is 5.69 Å². The molecule has 0 N–H and O–H groups in total. The van der Waals surface area contributed by atoms with E-state index in [4.69, 9.17) is 10.7 Å². The lowest BCUT2D eigenvalue weighted by atomic mass is 10.5. The Bertz CT molecular complexity index is 439. The van der Waals surface area contributed by atoms with Crippen molar-refractivity contribution >= 4 is 19.7 Å². The largest absolute Gasteiger partial charge is 0.408 e. The van der Waals surface area contributed by atoms with Crippen LogP contribution < -0.4 is 0 Å². The summed E-state index contributed by atoms with van der Waals surface area (Å²) >= 11 is 0. The number of rotatable bonds is 3. The molecule has 15 heavy (non-hydrogen) atoms. The molecule has 0 saturated heterocycles. The average molecular weight is 263 g/mol. The first-order valence-corrected chi connectivity index (χ1v) is 6.15. The minimum absolute atomic E-state index is 0.0192.